The van der Waals surface area contributed by atoms with Gasteiger partial charge in [0.1, 0.15) is 0 Å². The van der Waals surface area contributed by atoms with Crippen molar-refractivity contribution >= 4 is 37.6 Å². The lowest BCUT2D eigenvalue weighted by molar-refractivity contribution is 0.0526. The Bertz CT molecular complexity index is 832. The van der Waals surface area contributed by atoms with Crippen molar-refractivity contribution in [2.45, 2.75) is 19.6 Å². The highest BCUT2D eigenvalue weighted by atomic mass is 79.9. The van der Waals surface area contributed by atoms with Gasteiger partial charge in [-0.05, 0) is 55.3 Å². The van der Waals surface area contributed by atoms with Crippen LogP contribution in [0.1, 0.15) is 28.4 Å². The Balaban J connectivity index is 2.14. The normalized spacial score (nSPS) is 11.1. The maximum atomic E-state index is 12.3. The second kappa shape index (κ2) is 7.81. The number of nitrogens with one attached hydrogen (secondary N) is 1. The van der Waals surface area contributed by atoms with E-state index in [-0.39, 0.29) is 5.75 Å². The number of benzene rings is 2. The summed E-state index contributed by atoms with van der Waals surface area (Å²) < 4.78 is 33.0. The average Bonchev–Trinajstić information content (AvgIpc) is 2.51. The number of esters is 1. The molecular weight excluding hydrogens is 394 g/mol. The van der Waals surface area contributed by atoms with Crippen LogP contribution in [0.3, 0.4) is 0 Å². The molecule has 0 heterocycles. The summed E-state index contributed by atoms with van der Waals surface area (Å²) in [5.74, 6) is -0.552. The van der Waals surface area contributed by atoms with Gasteiger partial charge in [0.25, 0.3) is 0 Å². The molecule has 0 bridgehead atoms. The minimum absolute atomic E-state index is 0.126. The third kappa shape index (κ3) is 5.07. The zero-order chi connectivity index (χ0) is 17.7. The number of sulfonamides is 1. The third-order valence-electron chi connectivity index (χ3n) is 3.27. The Morgan fingerprint density at radius 3 is 2.42 bits per heavy atom. The van der Waals surface area contributed by atoms with Gasteiger partial charge in [0, 0.05) is 4.47 Å². The van der Waals surface area contributed by atoms with Crippen LogP contribution in [0.2, 0.25) is 0 Å². The molecule has 5 nitrogen and oxygen atoms in total. The zero-order valence-corrected chi connectivity index (χ0v) is 15.8. The van der Waals surface area contributed by atoms with Crippen LogP contribution >= 0.6 is 15.9 Å². The van der Waals surface area contributed by atoms with Crippen molar-refractivity contribution in [1.29, 1.82) is 0 Å². The predicted octanol–water partition coefficient (Wildman–Crippen LogP) is 3.88. The number of carbonyl (C=O) groups is 1. The van der Waals surface area contributed by atoms with Crippen molar-refractivity contribution in [2.75, 3.05) is 11.3 Å². The topological polar surface area (TPSA) is 72.5 Å². The molecule has 0 atom stereocenters. The van der Waals surface area contributed by atoms with Crippen molar-refractivity contribution in [3.05, 3.63) is 63.6 Å². The van der Waals surface area contributed by atoms with Crippen LogP contribution in [0.5, 0.6) is 0 Å². The van der Waals surface area contributed by atoms with E-state index in [9.17, 15) is 13.2 Å². The standard InChI is InChI=1S/C17H18BrNO4S/c1-3-23-17(20)14-6-9-16(12(2)10-14)19-24(21,22)11-13-4-7-15(18)8-5-13/h4-10,19H,3,11H2,1-2H3. The van der Waals surface area contributed by atoms with Gasteiger partial charge in [0.15, 0.2) is 0 Å². The number of hydrogen-bond acceptors (Lipinski definition) is 4. The van der Waals surface area contributed by atoms with Crippen molar-refractivity contribution in [3.8, 4) is 0 Å². The second-order valence-electron chi connectivity index (χ2n) is 5.24. The molecule has 0 unspecified atom stereocenters. The van der Waals surface area contributed by atoms with E-state index < -0.39 is 16.0 Å². The molecule has 0 aromatic heterocycles. The number of anilines is 1. The molecule has 7 heteroatoms. The fraction of sp³-hybridized carbons (Fsp3) is 0.235. The van der Waals surface area contributed by atoms with Crippen LogP contribution in [0.15, 0.2) is 46.9 Å². The molecule has 0 aliphatic rings. The minimum Gasteiger partial charge on any atom is -0.462 e. The van der Waals surface area contributed by atoms with Crippen LogP contribution in [0, 0.1) is 6.92 Å². The van der Waals surface area contributed by atoms with Crippen molar-refractivity contribution in [2.24, 2.45) is 0 Å². The van der Waals surface area contributed by atoms with Gasteiger partial charge in [-0.3, -0.25) is 4.72 Å². The minimum atomic E-state index is -3.55. The van der Waals surface area contributed by atoms with Gasteiger partial charge in [-0.25, -0.2) is 13.2 Å². The Labute approximate surface area is 150 Å². The van der Waals surface area contributed by atoms with E-state index in [0.717, 1.165) is 4.47 Å². The molecule has 24 heavy (non-hydrogen) atoms. The SMILES string of the molecule is CCOC(=O)c1ccc(NS(=O)(=O)Cc2ccc(Br)cc2)c(C)c1. The smallest absolute Gasteiger partial charge is 0.338 e. The fourth-order valence-corrected chi connectivity index (χ4v) is 3.66. The van der Waals surface area contributed by atoms with Crippen molar-refractivity contribution in [3.63, 3.8) is 0 Å². The Morgan fingerprint density at radius 1 is 1.17 bits per heavy atom. The molecule has 0 radical (unpaired) electrons. The molecule has 0 saturated heterocycles. The molecular formula is C17H18BrNO4S. The number of hydrogen-bond donors (Lipinski definition) is 1. The second-order valence-corrected chi connectivity index (χ2v) is 7.88. The first-order valence-corrected chi connectivity index (χ1v) is 9.78. The summed E-state index contributed by atoms with van der Waals surface area (Å²) in [5.41, 5.74) is 2.18. The molecule has 2 aromatic carbocycles. The highest BCUT2D eigenvalue weighted by Crippen LogP contribution is 2.20. The number of rotatable bonds is 6. The summed E-state index contributed by atoms with van der Waals surface area (Å²) in [7, 11) is -3.55. The number of halogens is 1. The molecule has 0 aliphatic carbocycles. The molecule has 0 aliphatic heterocycles. The van der Waals surface area contributed by atoms with E-state index in [0.29, 0.717) is 29.0 Å². The largest absolute Gasteiger partial charge is 0.462 e. The van der Waals surface area contributed by atoms with E-state index in [1.165, 1.54) is 0 Å². The lowest BCUT2D eigenvalue weighted by Crippen LogP contribution is -2.16. The van der Waals surface area contributed by atoms with E-state index in [1.807, 2.05) is 0 Å². The quantitative estimate of drug-likeness (QED) is 0.731. The van der Waals surface area contributed by atoms with Crippen LogP contribution in [-0.4, -0.2) is 21.0 Å². The first-order valence-electron chi connectivity index (χ1n) is 7.33. The maximum absolute atomic E-state index is 12.3. The van der Waals surface area contributed by atoms with E-state index in [4.69, 9.17) is 4.74 Å². The summed E-state index contributed by atoms with van der Waals surface area (Å²) in [5, 5.41) is 0. The molecule has 0 amide bonds. The first kappa shape index (κ1) is 18.5. The van der Waals surface area contributed by atoms with E-state index in [1.54, 1.807) is 56.3 Å². The number of aryl methyl sites for hydroxylation is 1. The summed E-state index contributed by atoms with van der Waals surface area (Å²) in [4.78, 5) is 11.7. The van der Waals surface area contributed by atoms with Gasteiger partial charge in [-0.1, -0.05) is 28.1 Å². The van der Waals surface area contributed by atoms with Gasteiger partial charge < -0.3 is 4.74 Å². The van der Waals surface area contributed by atoms with Crippen LogP contribution < -0.4 is 4.72 Å². The summed E-state index contributed by atoms with van der Waals surface area (Å²) in [6, 6.07) is 11.8. The fourth-order valence-electron chi connectivity index (χ4n) is 2.12. The Kier molecular flexibility index (Phi) is 6.01. The van der Waals surface area contributed by atoms with Gasteiger partial charge in [0.05, 0.1) is 23.6 Å². The van der Waals surface area contributed by atoms with Crippen LogP contribution in [0.25, 0.3) is 0 Å². The van der Waals surface area contributed by atoms with Gasteiger partial charge in [-0.15, -0.1) is 0 Å². The van der Waals surface area contributed by atoms with Gasteiger partial charge >= 0.3 is 5.97 Å². The molecule has 0 spiro atoms. The average molecular weight is 412 g/mol. The Hall–Kier alpha value is -1.86. The predicted molar refractivity (Wildman–Crippen MR) is 97.5 cm³/mol. The monoisotopic (exact) mass is 411 g/mol. The third-order valence-corrected chi connectivity index (χ3v) is 5.05. The van der Waals surface area contributed by atoms with E-state index >= 15 is 0 Å². The molecule has 0 saturated carbocycles. The summed E-state index contributed by atoms with van der Waals surface area (Å²) in [6.45, 7) is 3.76. The molecule has 2 rings (SSSR count). The molecule has 1 N–H and O–H groups in total. The van der Waals surface area contributed by atoms with Crippen LogP contribution in [-0.2, 0) is 20.5 Å². The maximum Gasteiger partial charge on any atom is 0.338 e. The van der Waals surface area contributed by atoms with Crippen LogP contribution in [0.4, 0.5) is 5.69 Å². The zero-order valence-electron chi connectivity index (χ0n) is 13.4. The van der Waals surface area contributed by atoms with Gasteiger partial charge in [0.2, 0.25) is 10.0 Å². The highest BCUT2D eigenvalue weighted by Gasteiger charge is 2.15. The lowest BCUT2D eigenvalue weighted by atomic mass is 10.1. The number of carbonyl (C=O) groups excluding carboxylic acids is 1. The van der Waals surface area contributed by atoms with E-state index in [2.05, 4.69) is 20.7 Å². The van der Waals surface area contributed by atoms with Gasteiger partial charge in [-0.2, -0.15) is 0 Å². The molecule has 128 valence electrons. The lowest BCUT2D eigenvalue weighted by Gasteiger charge is -2.12. The van der Waals surface area contributed by atoms with Crippen molar-refractivity contribution in [1.82, 2.24) is 0 Å². The summed E-state index contributed by atoms with van der Waals surface area (Å²) in [6.07, 6.45) is 0. The molecule has 0 fully saturated rings. The Morgan fingerprint density at radius 2 is 1.83 bits per heavy atom. The number of ether oxygens (including phenoxy) is 1. The molecule has 2 aromatic rings. The van der Waals surface area contributed by atoms with Crippen molar-refractivity contribution < 1.29 is 17.9 Å². The highest BCUT2D eigenvalue weighted by molar-refractivity contribution is 9.10. The first-order chi connectivity index (χ1) is 11.3. The summed E-state index contributed by atoms with van der Waals surface area (Å²) >= 11 is 3.32.